The third-order valence-electron chi connectivity index (χ3n) is 4.13. The minimum atomic E-state index is -0.0716. The van der Waals surface area contributed by atoms with E-state index in [0.29, 0.717) is 12.5 Å². The molecule has 1 amide bonds. The Hall–Kier alpha value is -1.86. The Bertz CT molecular complexity index is 699. The van der Waals surface area contributed by atoms with Crippen LogP contribution in [0.1, 0.15) is 20.3 Å². The molecule has 0 spiro atoms. The fraction of sp³-hybridized carbons (Fsp3) is 0.471. The Balaban J connectivity index is 1.62. The van der Waals surface area contributed by atoms with E-state index in [1.165, 1.54) is 11.8 Å². The summed E-state index contributed by atoms with van der Waals surface area (Å²) >= 11 is 1.53. The molecule has 0 unspecified atom stereocenters. The van der Waals surface area contributed by atoms with Crippen molar-refractivity contribution < 1.29 is 9.53 Å². The second-order valence-corrected chi connectivity index (χ2v) is 7.36. The van der Waals surface area contributed by atoms with Crippen LogP contribution in [0.25, 0.3) is 0 Å². The molecular weight excluding hydrogens is 324 g/mol. The molecule has 1 saturated heterocycles. The smallest absolute Gasteiger partial charge is 0.230 e. The Morgan fingerprint density at radius 3 is 2.75 bits per heavy atom. The van der Waals surface area contributed by atoms with Gasteiger partial charge in [-0.2, -0.15) is 0 Å². The molecule has 1 aromatic heterocycles. The number of carbonyl (C=O) groups excluding carboxylic acids is 1. The van der Waals surface area contributed by atoms with Crippen molar-refractivity contribution in [3.05, 3.63) is 30.6 Å². The first-order chi connectivity index (χ1) is 11.5. The van der Waals surface area contributed by atoms with Crippen molar-refractivity contribution in [1.29, 1.82) is 0 Å². The maximum absolute atomic E-state index is 12.5. The zero-order chi connectivity index (χ0) is 17.1. The van der Waals surface area contributed by atoms with Crippen molar-refractivity contribution in [2.24, 2.45) is 18.9 Å². The second kappa shape index (κ2) is 7.36. The number of hydrogen-bond acceptors (Lipinski definition) is 5. The fourth-order valence-electron chi connectivity index (χ4n) is 2.86. The summed E-state index contributed by atoms with van der Waals surface area (Å²) in [5.74, 6) is 0.311. The molecule has 1 aliphatic heterocycles. The molecule has 1 fully saturated rings. The molecule has 128 valence electrons. The summed E-state index contributed by atoms with van der Waals surface area (Å²) in [7, 11) is 1.91. The normalized spacial score (nSPS) is 20.5. The van der Waals surface area contributed by atoms with Crippen LogP contribution in [-0.4, -0.2) is 33.4 Å². The van der Waals surface area contributed by atoms with Gasteiger partial charge >= 0.3 is 0 Å². The van der Waals surface area contributed by atoms with Crippen LogP contribution in [-0.2, 0) is 16.6 Å². The largest absolute Gasteiger partial charge is 0.377 e. The predicted octanol–water partition coefficient (Wildman–Crippen LogP) is 2.97. The van der Waals surface area contributed by atoms with Gasteiger partial charge in [-0.25, -0.2) is 0 Å². The average Bonchev–Trinajstić information content (AvgIpc) is 3.19. The number of nitrogens with one attached hydrogen (secondary N) is 1. The van der Waals surface area contributed by atoms with Gasteiger partial charge in [0.15, 0.2) is 5.16 Å². The first-order valence-corrected chi connectivity index (χ1v) is 8.90. The summed E-state index contributed by atoms with van der Waals surface area (Å²) < 4.78 is 7.56. The van der Waals surface area contributed by atoms with Crippen LogP contribution in [0.15, 0.2) is 40.6 Å². The number of aryl methyl sites for hydroxylation is 1. The van der Waals surface area contributed by atoms with Gasteiger partial charge in [-0.3, -0.25) is 4.79 Å². The summed E-state index contributed by atoms with van der Waals surface area (Å²) in [5.41, 5.74) is 0.803. The van der Waals surface area contributed by atoms with Crippen molar-refractivity contribution >= 4 is 23.4 Å². The van der Waals surface area contributed by atoms with Gasteiger partial charge in [0.1, 0.15) is 6.33 Å². The first kappa shape index (κ1) is 17.0. The second-order valence-electron chi connectivity index (χ2n) is 6.31. The molecule has 0 saturated carbocycles. The van der Waals surface area contributed by atoms with Gasteiger partial charge in [0.05, 0.1) is 12.0 Å². The lowest BCUT2D eigenvalue weighted by Gasteiger charge is -2.21. The van der Waals surface area contributed by atoms with E-state index in [2.05, 4.69) is 29.4 Å². The van der Waals surface area contributed by atoms with E-state index in [-0.39, 0.29) is 17.9 Å². The molecule has 1 N–H and O–H groups in total. The quantitative estimate of drug-likeness (QED) is 0.901. The highest BCUT2D eigenvalue weighted by atomic mass is 32.2. The molecule has 2 heterocycles. The molecule has 1 aliphatic rings. The maximum atomic E-state index is 12.5. The van der Waals surface area contributed by atoms with Crippen LogP contribution in [0, 0.1) is 11.8 Å². The van der Waals surface area contributed by atoms with Crippen LogP contribution >= 0.6 is 11.8 Å². The zero-order valence-corrected chi connectivity index (χ0v) is 14.9. The Morgan fingerprint density at radius 2 is 2.12 bits per heavy atom. The number of aromatic nitrogens is 3. The van der Waals surface area contributed by atoms with Crippen LogP contribution in [0.5, 0.6) is 0 Å². The van der Waals surface area contributed by atoms with E-state index in [4.69, 9.17) is 4.74 Å². The van der Waals surface area contributed by atoms with Crippen molar-refractivity contribution in [3.8, 4) is 0 Å². The van der Waals surface area contributed by atoms with Crippen LogP contribution in [0.3, 0.4) is 0 Å². The van der Waals surface area contributed by atoms with E-state index in [0.717, 1.165) is 22.2 Å². The molecule has 2 aromatic rings. The lowest BCUT2D eigenvalue weighted by molar-refractivity contribution is -0.122. The van der Waals surface area contributed by atoms with Gasteiger partial charge in [-0.1, -0.05) is 13.8 Å². The number of nitrogens with zero attached hydrogens (tertiary/aromatic N) is 3. The number of carbonyl (C=O) groups is 1. The Kier molecular flexibility index (Phi) is 5.20. The number of ether oxygens (including phenoxy) is 1. The van der Waals surface area contributed by atoms with E-state index in [1.54, 1.807) is 6.33 Å². The van der Waals surface area contributed by atoms with Crippen LogP contribution in [0.4, 0.5) is 5.69 Å². The summed E-state index contributed by atoms with van der Waals surface area (Å²) in [6.07, 6.45) is 2.47. The Morgan fingerprint density at radius 1 is 1.38 bits per heavy atom. The highest BCUT2D eigenvalue weighted by molar-refractivity contribution is 7.99. The number of rotatable bonds is 5. The molecular formula is C17H22N4O2S. The maximum Gasteiger partial charge on any atom is 0.230 e. The van der Waals surface area contributed by atoms with Crippen LogP contribution < -0.4 is 5.32 Å². The number of hydrogen-bond donors (Lipinski definition) is 1. The van der Waals surface area contributed by atoms with Crippen molar-refractivity contribution in [2.45, 2.75) is 36.4 Å². The standard InChI is InChI=1S/C17H22N4O2S/c1-11(2)15-14(8-9-23-15)16(22)19-12-4-6-13(7-5-12)24-17-20-18-10-21(17)3/h4-7,10-11,14-15H,8-9H2,1-3H3,(H,19,22)/t14-,15-/m1/s1. The molecule has 2 atom stereocenters. The monoisotopic (exact) mass is 346 g/mol. The van der Waals surface area contributed by atoms with Crippen LogP contribution in [0.2, 0.25) is 0 Å². The lowest BCUT2D eigenvalue weighted by Crippen LogP contribution is -2.32. The van der Waals surface area contributed by atoms with E-state index >= 15 is 0 Å². The summed E-state index contributed by atoms with van der Waals surface area (Å²) in [6, 6.07) is 7.77. The number of anilines is 1. The average molecular weight is 346 g/mol. The molecule has 1 aromatic carbocycles. The first-order valence-electron chi connectivity index (χ1n) is 8.09. The third-order valence-corrected chi connectivity index (χ3v) is 5.19. The van der Waals surface area contributed by atoms with Gasteiger partial charge < -0.3 is 14.6 Å². The van der Waals surface area contributed by atoms with E-state index in [9.17, 15) is 4.79 Å². The van der Waals surface area contributed by atoms with Gasteiger partial charge in [0, 0.05) is 24.2 Å². The Labute approximate surface area is 146 Å². The molecule has 0 aliphatic carbocycles. The molecule has 0 radical (unpaired) electrons. The molecule has 6 nitrogen and oxygen atoms in total. The molecule has 24 heavy (non-hydrogen) atoms. The van der Waals surface area contributed by atoms with E-state index in [1.807, 2.05) is 35.9 Å². The van der Waals surface area contributed by atoms with Crippen molar-refractivity contribution in [2.75, 3.05) is 11.9 Å². The molecule has 3 rings (SSSR count). The van der Waals surface area contributed by atoms with Crippen molar-refractivity contribution in [3.63, 3.8) is 0 Å². The minimum absolute atomic E-state index is 0.00995. The highest BCUT2D eigenvalue weighted by Gasteiger charge is 2.35. The molecule has 0 bridgehead atoms. The summed E-state index contributed by atoms with van der Waals surface area (Å²) in [4.78, 5) is 13.5. The topological polar surface area (TPSA) is 69.0 Å². The summed E-state index contributed by atoms with van der Waals surface area (Å²) in [6.45, 7) is 4.84. The zero-order valence-electron chi connectivity index (χ0n) is 14.1. The van der Waals surface area contributed by atoms with Gasteiger partial charge in [0.2, 0.25) is 5.91 Å². The van der Waals surface area contributed by atoms with Gasteiger partial charge in [-0.15, -0.1) is 10.2 Å². The molecule has 7 heteroatoms. The third kappa shape index (κ3) is 3.79. The predicted molar refractivity (Wildman–Crippen MR) is 92.9 cm³/mol. The van der Waals surface area contributed by atoms with E-state index < -0.39 is 0 Å². The number of amides is 1. The fourth-order valence-corrected chi connectivity index (χ4v) is 3.62. The minimum Gasteiger partial charge on any atom is -0.377 e. The SMILES string of the molecule is CC(C)[C@H]1OCC[C@H]1C(=O)Nc1ccc(Sc2nncn2C)cc1. The highest BCUT2D eigenvalue weighted by Crippen LogP contribution is 2.29. The number of benzene rings is 1. The van der Waals surface area contributed by atoms with Crippen molar-refractivity contribution in [1.82, 2.24) is 14.8 Å². The van der Waals surface area contributed by atoms with Gasteiger partial charge in [0.25, 0.3) is 0 Å². The summed E-state index contributed by atoms with van der Waals surface area (Å²) in [5, 5.41) is 11.7. The lowest BCUT2D eigenvalue weighted by atomic mass is 9.92. The van der Waals surface area contributed by atoms with Gasteiger partial charge in [-0.05, 0) is 48.4 Å².